The summed E-state index contributed by atoms with van der Waals surface area (Å²) < 4.78 is 15.0. The highest BCUT2D eigenvalue weighted by Gasteiger charge is 2.31. The summed E-state index contributed by atoms with van der Waals surface area (Å²) in [6.45, 7) is 3.89. The molecule has 0 spiro atoms. The Bertz CT molecular complexity index is 708. The Kier molecular flexibility index (Phi) is 6.09. The van der Waals surface area contributed by atoms with Crippen molar-refractivity contribution in [2.75, 3.05) is 7.11 Å². The maximum absolute atomic E-state index is 11.8. The van der Waals surface area contributed by atoms with Gasteiger partial charge in [-0.05, 0) is 32.3 Å². The van der Waals surface area contributed by atoms with Gasteiger partial charge in [-0.3, -0.25) is 4.79 Å². The van der Waals surface area contributed by atoms with E-state index in [0.29, 0.717) is 36.1 Å². The van der Waals surface area contributed by atoms with E-state index in [2.05, 4.69) is 3.07 Å². The van der Waals surface area contributed by atoms with Crippen molar-refractivity contribution < 1.29 is 27.2 Å². The third kappa shape index (κ3) is 3.66. The van der Waals surface area contributed by atoms with Crippen LogP contribution in [0.25, 0.3) is 0 Å². The van der Waals surface area contributed by atoms with Gasteiger partial charge in [0.25, 0.3) is 0 Å². The molecular weight excluding hydrogens is 427 g/mol. The van der Waals surface area contributed by atoms with E-state index in [-0.39, 0.29) is 23.9 Å². The predicted octanol–water partition coefficient (Wildman–Crippen LogP) is 3.54. The van der Waals surface area contributed by atoms with Gasteiger partial charge in [-0.1, -0.05) is 11.6 Å². The largest absolute Gasteiger partial charge is 0.507 e. The van der Waals surface area contributed by atoms with Gasteiger partial charge in [0.2, 0.25) is 0 Å². The van der Waals surface area contributed by atoms with Crippen molar-refractivity contribution in [1.29, 1.82) is 0 Å². The van der Waals surface area contributed by atoms with E-state index in [1.54, 1.807) is 23.0 Å². The van der Waals surface area contributed by atoms with Crippen molar-refractivity contribution in [2.24, 2.45) is 0 Å². The van der Waals surface area contributed by atoms with Gasteiger partial charge in [-0.25, -0.2) is 4.79 Å². The zero-order valence-corrected chi connectivity index (χ0v) is 15.9. The van der Waals surface area contributed by atoms with E-state index in [1.807, 2.05) is 19.9 Å². The third-order valence-electron chi connectivity index (χ3n) is 4.11. The van der Waals surface area contributed by atoms with Gasteiger partial charge in [0.1, 0.15) is 23.7 Å². The summed E-state index contributed by atoms with van der Waals surface area (Å²) in [5.74, 6) is -0.328. The summed E-state index contributed by atoms with van der Waals surface area (Å²) in [6.07, 6.45) is 3.16. The van der Waals surface area contributed by atoms with Crippen LogP contribution in [0.15, 0.2) is 11.6 Å². The molecule has 0 radical (unpaired) electrons. The summed E-state index contributed by atoms with van der Waals surface area (Å²) in [7, 11) is 1.53. The number of allylic oxidation sites excluding steroid dienone is 2. The topological polar surface area (TPSA) is 82.1 Å². The van der Waals surface area contributed by atoms with Crippen molar-refractivity contribution in [3.63, 3.8) is 0 Å². The van der Waals surface area contributed by atoms with Gasteiger partial charge in [0.15, 0.2) is 23.0 Å². The summed E-state index contributed by atoms with van der Waals surface area (Å²) in [6, 6.07) is 0. The van der Waals surface area contributed by atoms with Gasteiger partial charge in [0.05, 0.1) is 7.11 Å². The van der Waals surface area contributed by atoms with Crippen molar-refractivity contribution in [1.82, 2.24) is 0 Å². The number of phenols is 1. The zero-order chi connectivity index (χ0) is 17.9. The van der Waals surface area contributed by atoms with Crippen LogP contribution in [0.2, 0.25) is 0 Å². The van der Waals surface area contributed by atoms with Crippen LogP contribution in [-0.2, 0) is 25.6 Å². The molecule has 1 aliphatic heterocycles. The molecule has 1 aromatic rings. The van der Waals surface area contributed by atoms with Crippen LogP contribution >= 0.6 is 23.0 Å². The number of rotatable bonds is 6. The molecule has 0 saturated carbocycles. The molecule has 0 saturated heterocycles. The fraction of sp³-hybridized carbons (Fsp3) is 0.412. The lowest BCUT2D eigenvalue weighted by Crippen LogP contribution is -2.03. The number of hydrogen-bond acceptors (Lipinski definition) is 6. The molecular formula is C17H19IO6. The monoisotopic (exact) mass is 446 g/mol. The first kappa shape index (κ1) is 18.6. The van der Waals surface area contributed by atoms with Crippen molar-refractivity contribution in [2.45, 2.75) is 39.7 Å². The molecule has 0 fully saturated rings. The first-order valence-corrected chi connectivity index (χ1v) is 8.34. The van der Waals surface area contributed by atoms with E-state index in [1.165, 1.54) is 7.11 Å². The predicted molar refractivity (Wildman–Crippen MR) is 95.3 cm³/mol. The molecule has 2 rings (SSSR count). The maximum atomic E-state index is 11.8. The Morgan fingerprint density at radius 3 is 2.75 bits per heavy atom. The lowest BCUT2D eigenvalue weighted by atomic mass is 9.94. The highest BCUT2D eigenvalue weighted by atomic mass is 127. The number of esters is 1. The molecule has 24 heavy (non-hydrogen) atoms. The highest BCUT2D eigenvalue weighted by Crippen LogP contribution is 2.42. The third-order valence-corrected chi connectivity index (χ3v) is 4.60. The summed E-state index contributed by atoms with van der Waals surface area (Å²) >= 11 is 1.56. The number of fused-ring (bicyclic) bond motifs is 1. The van der Waals surface area contributed by atoms with Gasteiger partial charge >= 0.3 is 11.9 Å². The van der Waals surface area contributed by atoms with Crippen molar-refractivity contribution in [3.05, 3.63) is 33.9 Å². The normalized spacial score (nSPS) is 13.5. The molecule has 1 aromatic carbocycles. The van der Waals surface area contributed by atoms with E-state index < -0.39 is 5.97 Å². The zero-order valence-electron chi connectivity index (χ0n) is 13.8. The second kappa shape index (κ2) is 7.87. The van der Waals surface area contributed by atoms with Crippen LogP contribution < -0.4 is 4.74 Å². The minimum atomic E-state index is -0.514. The standard InChI is InChI=1S/C17H19IO6/c1-9(5-7-13(19)24-18)4-6-11-15(20)14-12(8-23-17(14)21)10(2)16(11)22-3/h4,20H,5-8H2,1-3H3/b9-4+. The number of phenolic OH excluding ortho intramolecular Hbond substituents is 1. The number of methoxy groups -OCH3 is 1. The summed E-state index contributed by atoms with van der Waals surface area (Å²) in [4.78, 5) is 23.0. The van der Waals surface area contributed by atoms with Gasteiger partial charge < -0.3 is 17.6 Å². The molecule has 0 amide bonds. The minimum Gasteiger partial charge on any atom is -0.507 e. The van der Waals surface area contributed by atoms with Crippen molar-refractivity contribution >= 4 is 34.9 Å². The Morgan fingerprint density at radius 2 is 2.12 bits per heavy atom. The van der Waals surface area contributed by atoms with Crippen LogP contribution in [0.1, 0.15) is 46.8 Å². The van der Waals surface area contributed by atoms with Gasteiger partial charge in [-0.2, -0.15) is 0 Å². The maximum Gasteiger partial charge on any atom is 0.342 e. The lowest BCUT2D eigenvalue weighted by molar-refractivity contribution is -0.131. The van der Waals surface area contributed by atoms with E-state index in [4.69, 9.17) is 9.47 Å². The number of carbonyl (C=O) groups is 2. The quantitative estimate of drug-likeness (QED) is 0.409. The summed E-state index contributed by atoms with van der Waals surface area (Å²) in [5.41, 5.74) is 3.22. The van der Waals surface area contributed by atoms with E-state index >= 15 is 0 Å². The molecule has 0 aliphatic carbocycles. The molecule has 7 heteroatoms. The Labute approximate surface area is 154 Å². The number of benzene rings is 1. The first-order chi connectivity index (χ1) is 11.4. The molecule has 1 aliphatic rings. The van der Waals surface area contributed by atoms with E-state index in [9.17, 15) is 14.7 Å². The van der Waals surface area contributed by atoms with Crippen LogP contribution in [0.3, 0.4) is 0 Å². The molecule has 0 atom stereocenters. The summed E-state index contributed by atoms with van der Waals surface area (Å²) in [5, 5.41) is 10.5. The highest BCUT2D eigenvalue weighted by molar-refractivity contribution is 14.1. The molecule has 1 heterocycles. The van der Waals surface area contributed by atoms with Crippen LogP contribution in [-0.4, -0.2) is 24.2 Å². The number of cyclic esters (lactones) is 1. The number of halogens is 1. The van der Waals surface area contributed by atoms with Crippen LogP contribution in [0.5, 0.6) is 11.5 Å². The average molecular weight is 446 g/mol. The molecule has 1 N–H and O–H groups in total. The van der Waals surface area contributed by atoms with Crippen LogP contribution in [0.4, 0.5) is 0 Å². The molecule has 6 nitrogen and oxygen atoms in total. The fourth-order valence-electron chi connectivity index (χ4n) is 2.74. The second-order valence-electron chi connectivity index (χ2n) is 5.62. The average Bonchev–Trinajstić information content (AvgIpc) is 2.96. The van der Waals surface area contributed by atoms with Crippen LogP contribution in [0, 0.1) is 6.92 Å². The number of aromatic hydroxyl groups is 1. The lowest BCUT2D eigenvalue weighted by Gasteiger charge is -2.15. The molecule has 0 bridgehead atoms. The van der Waals surface area contributed by atoms with Gasteiger partial charge in [0, 0.05) is 17.5 Å². The number of carbonyl (C=O) groups excluding carboxylic acids is 2. The smallest absolute Gasteiger partial charge is 0.342 e. The number of hydrogen-bond donors (Lipinski definition) is 1. The van der Waals surface area contributed by atoms with Crippen molar-refractivity contribution in [3.8, 4) is 11.5 Å². The second-order valence-corrected chi connectivity index (χ2v) is 6.06. The fourth-order valence-corrected chi connectivity index (χ4v) is 2.96. The molecule has 0 unspecified atom stereocenters. The molecule has 130 valence electrons. The minimum absolute atomic E-state index is 0.0920. The van der Waals surface area contributed by atoms with E-state index in [0.717, 1.165) is 11.1 Å². The SMILES string of the molecule is COc1c(C)c2c(c(O)c1C/C=C(\C)CCC(=O)OI)C(=O)OC2. The Balaban J connectivity index is 2.30. The first-order valence-electron chi connectivity index (χ1n) is 7.46. The molecule has 0 aromatic heterocycles. The van der Waals surface area contributed by atoms with Gasteiger partial charge in [-0.15, -0.1) is 0 Å². The number of ether oxygens (including phenoxy) is 2. The Morgan fingerprint density at radius 1 is 1.42 bits per heavy atom. The Hall–Kier alpha value is -1.77.